The van der Waals surface area contributed by atoms with Crippen molar-refractivity contribution in [1.29, 1.82) is 0 Å². The number of hydrogen-bond acceptors (Lipinski definition) is 6. The van der Waals surface area contributed by atoms with Gasteiger partial charge in [0.05, 0.1) is 23.8 Å². The number of fused-ring (bicyclic) bond motifs is 2. The van der Waals surface area contributed by atoms with Crippen LogP contribution < -0.4 is 9.64 Å². The van der Waals surface area contributed by atoms with Crippen molar-refractivity contribution in [1.82, 2.24) is 25.1 Å². The maximum absolute atomic E-state index is 14.3. The molecule has 4 heterocycles. The number of nitrogens with one attached hydrogen (secondary N) is 1. The van der Waals surface area contributed by atoms with Crippen molar-refractivity contribution < 1.29 is 9.13 Å². The third-order valence-electron chi connectivity index (χ3n) is 7.76. The Morgan fingerprint density at radius 2 is 2.03 bits per heavy atom. The number of rotatable bonds is 5. The summed E-state index contributed by atoms with van der Waals surface area (Å²) >= 11 is 6.95. The number of aromatic amines is 1. The highest BCUT2D eigenvalue weighted by atomic mass is 35.5. The minimum absolute atomic E-state index is 0.159. The monoisotopic (exact) mass is 520 g/mol. The first-order chi connectivity index (χ1) is 17.9. The van der Waals surface area contributed by atoms with Gasteiger partial charge in [-0.3, -0.25) is 5.10 Å². The van der Waals surface area contributed by atoms with Gasteiger partial charge in [-0.2, -0.15) is 15.1 Å². The SMILES string of the molecule is Cc1cc2[nH]ncc2c(-c2cc3nc(OCC4CCCN4C)nc(N4CCC=C(F)C4)c3cc2Cl)c1C. The Bertz CT molecular complexity index is 1530. The number of hydrogen-bond donors (Lipinski definition) is 1. The molecule has 7 nitrogen and oxygen atoms in total. The highest BCUT2D eigenvalue weighted by Gasteiger charge is 2.24. The molecule has 2 aromatic carbocycles. The van der Waals surface area contributed by atoms with Crippen LogP contribution in [0.1, 0.15) is 30.4 Å². The largest absolute Gasteiger partial charge is 0.462 e. The molecule has 192 valence electrons. The van der Waals surface area contributed by atoms with Gasteiger partial charge in [-0.25, -0.2) is 4.39 Å². The molecule has 2 aliphatic heterocycles. The Morgan fingerprint density at radius 1 is 1.16 bits per heavy atom. The summed E-state index contributed by atoms with van der Waals surface area (Å²) in [7, 11) is 2.12. The second kappa shape index (κ2) is 9.58. The average molecular weight is 521 g/mol. The number of anilines is 1. The van der Waals surface area contributed by atoms with Crippen molar-refractivity contribution in [2.45, 2.75) is 39.2 Å². The summed E-state index contributed by atoms with van der Waals surface area (Å²) in [6.07, 6.45) is 6.33. The quantitative estimate of drug-likeness (QED) is 0.349. The van der Waals surface area contributed by atoms with Crippen molar-refractivity contribution in [3.05, 3.63) is 52.4 Å². The first kappa shape index (κ1) is 24.1. The van der Waals surface area contributed by atoms with Gasteiger partial charge in [0.1, 0.15) is 18.3 Å². The lowest BCUT2D eigenvalue weighted by Crippen LogP contribution is -2.32. The van der Waals surface area contributed by atoms with Crippen LogP contribution in [0.3, 0.4) is 0 Å². The summed E-state index contributed by atoms with van der Waals surface area (Å²) in [6, 6.07) is 6.64. The third-order valence-corrected chi connectivity index (χ3v) is 8.07. The first-order valence-electron chi connectivity index (χ1n) is 12.8. The van der Waals surface area contributed by atoms with Crippen molar-refractivity contribution in [3.63, 3.8) is 0 Å². The number of H-pyrrole nitrogens is 1. The Morgan fingerprint density at radius 3 is 2.81 bits per heavy atom. The molecular weight excluding hydrogens is 491 g/mol. The lowest BCUT2D eigenvalue weighted by atomic mass is 9.93. The molecule has 4 aromatic rings. The topological polar surface area (TPSA) is 70.2 Å². The van der Waals surface area contributed by atoms with E-state index in [1.165, 1.54) is 0 Å². The summed E-state index contributed by atoms with van der Waals surface area (Å²) in [6.45, 7) is 6.59. The minimum Gasteiger partial charge on any atom is -0.462 e. The van der Waals surface area contributed by atoms with E-state index >= 15 is 0 Å². The molecule has 2 aliphatic rings. The number of halogens is 2. The molecule has 6 rings (SSSR count). The zero-order chi connectivity index (χ0) is 25.7. The van der Waals surface area contributed by atoms with Crippen molar-refractivity contribution in [2.24, 2.45) is 0 Å². The lowest BCUT2D eigenvalue weighted by Gasteiger charge is -2.27. The van der Waals surface area contributed by atoms with Crippen LogP contribution in [0.5, 0.6) is 6.01 Å². The van der Waals surface area contributed by atoms with E-state index < -0.39 is 0 Å². The number of ether oxygens (including phenoxy) is 1. The highest BCUT2D eigenvalue weighted by Crippen LogP contribution is 2.41. The Hall–Kier alpha value is -3.23. The molecule has 1 saturated heterocycles. The Kier molecular flexibility index (Phi) is 6.24. The van der Waals surface area contributed by atoms with Gasteiger partial charge in [0.25, 0.3) is 0 Å². The molecule has 37 heavy (non-hydrogen) atoms. The fourth-order valence-corrected chi connectivity index (χ4v) is 5.79. The summed E-state index contributed by atoms with van der Waals surface area (Å²) < 4.78 is 20.4. The molecule has 0 aliphatic carbocycles. The number of aromatic nitrogens is 4. The zero-order valence-corrected chi connectivity index (χ0v) is 22.1. The summed E-state index contributed by atoms with van der Waals surface area (Å²) in [5.41, 5.74) is 5.85. The molecule has 0 radical (unpaired) electrons. The minimum atomic E-state index is -0.159. The van der Waals surface area contributed by atoms with Crippen molar-refractivity contribution in [2.75, 3.05) is 38.2 Å². The number of aryl methyl sites for hydroxylation is 1. The van der Waals surface area contributed by atoms with Gasteiger partial charge in [-0.05, 0) is 87.7 Å². The fraction of sp³-hybridized carbons (Fsp3) is 0.393. The summed E-state index contributed by atoms with van der Waals surface area (Å²) in [4.78, 5) is 13.8. The van der Waals surface area contributed by atoms with Gasteiger partial charge in [-0.1, -0.05) is 11.6 Å². The number of nitrogens with zero attached hydrogens (tertiary/aromatic N) is 5. The van der Waals surface area contributed by atoms with Crippen molar-refractivity contribution in [3.8, 4) is 17.1 Å². The number of likely N-dealkylation sites (N-methyl/N-ethyl adjacent to an activating group) is 1. The lowest BCUT2D eigenvalue weighted by molar-refractivity contribution is 0.188. The molecule has 9 heteroatoms. The second-order valence-corrected chi connectivity index (χ2v) is 10.6. The normalized spacial score (nSPS) is 18.7. The van der Waals surface area contributed by atoms with Gasteiger partial charge in [-0.15, -0.1) is 0 Å². The van der Waals surface area contributed by atoms with E-state index in [4.69, 9.17) is 26.3 Å². The van der Waals surface area contributed by atoms with E-state index in [0.29, 0.717) is 48.0 Å². The van der Waals surface area contributed by atoms with Crippen LogP contribution in [0, 0.1) is 13.8 Å². The van der Waals surface area contributed by atoms with E-state index in [-0.39, 0.29) is 12.4 Å². The van der Waals surface area contributed by atoms with Crippen LogP contribution in [0.4, 0.5) is 10.2 Å². The van der Waals surface area contributed by atoms with E-state index in [0.717, 1.165) is 57.9 Å². The van der Waals surface area contributed by atoms with Crippen LogP contribution in [-0.4, -0.2) is 64.4 Å². The predicted molar refractivity (Wildman–Crippen MR) is 146 cm³/mol. The zero-order valence-electron chi connectivity index (χ0n) is 21.3. The maximum atomic E-state index is 14.3. The molecule has 0 bridgehead atoms. The Balaban J connectivity index is 1.50. The molecule has 1 fully saturated rings. The van der Waals surface area contributed by atoms with Gasteiger partial charge < -0.3 is 14.5 Å². The number of likely N-dealkylation sites (tertiary alicyclic amines) is 1. The molecule has 0 spiro atoms. The number of benzene rings is 2. The average Bonchev–Trinajstić information content (AvgIpc) is 3.51. The molecule has 2 aromatic heterocycles. The molecule has 0 amide bonds. The van der Waals surface area contributed by atoms with Gasteiger partial charge in [0.15, 0.2) is 0 Å². The second-order valence-electron chi connectivity index (χ2n) is 10.2. The van der Waals surface area contributed by atoms with E-state index in [9.17, 15) is 4.39 Å². The van der Waals surface area contributed by atoms with E-state index in [2.05, 4.69) is 42.1 Å². The molecule has 0 saturated carbocycles. The smallest absolute Gasteiger partial charge is 0.319 e. The van der Waals surface area contributed by atoms with Crippen LogP contribution in [-0.2, 0) is 0 Å². The van der Waals surface area contributed by atoms with E-state index in [1.54, 1.807) is 6.08 Å². The third kappa shape index (κ3) is 4.42. The Labute approximate surface area is 220 Å². The molecular formula is C28H30ClFN6O. The van der Waals surface area contributed by atoms with Crippen LogP contribution in [0.2, 0.25) is 5.02 Å². The standard InChI is InChI=1S/C28H30ClFN6O/c1-16-10-25-22(13-31-34-25)26(17(16)2)20-12-24-21(11-23(20)29)27(36-9-4-6-18(30)14-36)33-28(32-24)37-15-19-7-5-8-35(19)3/h6,10-13,19H,4-5,7-9,14-15H2,1-3H3,(H,31,34). The molecule has 1 atom stereocenters. The fourth-order valence-electron chi connectivity index (χ4n) is 5.53. The van der Waals surface area contributed by atoms with Gasteiger partial charge in [0, 0.05) is 33.9 Å². The van der Waals surface area contributed by atoms with Crippen LogP contribution in [0.15, 0.2) is 36.3 Å². The van der Waals surface area contributed by atoms with Gasteiger partial charge >= 0.3 is 6.01 Å². The maximum Gasteiger partial charge on any atom is 0.319 e. The predicted octanol–water partition coefficient (Wildman–Crippen LogP) is 5.98. The van der Waals surface area contributed by atoms with Crippen LogP contribution in [0.25, 0.3) is 32.9 Å². The molecule has 1 N–H and O–H groups in total. The van der Waals surface area contributed by atoms with Crippen molar-refractivity contribution >= 4 is 39.2 Å². The van der Waals surface area contributed by atoms with Crippen LogP contribution >= 0.6 is 11.6 Å². The highest BCUT2D eigenvalue weighted by molar-refractivity contribution is 6.35. The van der Waals surface area contributed by atoms with E-state index in [1.807, 2.05) is 23.2 Å². The first-order valence-corrected chi connectivity index (χ1v) is 13.1. The summed E-state index contributed by atoms with van der Waals surface area (Å²) in [5.74, 6) is 0.486. The molecule has 1 unspecified atom stereocenters. The summed E-state index contributed by atoms with van der Waals surface area (Å²) in [5, 5.41) is 9.71. The van der Waals surface area contributed by atoms with Gasteiger partial charge in [0.2, 0.25) is 0 Å².